The van der Waals surface area contributed by atoms with Gasteiger partial charge in [0.25, 0.3) is 0 Å². The van der Waals surface area contributed by atoms with Gasteiger partial charge < -0.3 is 20.3 Å². The number of rotatable bonds is 7. The van der Waals surface area contributed by atoms with Crippen molar-refractivity contribution in [2.75, 3.05) is 60.0 Å². The molecule has 2 rings (SSSR count). The number of aliphatic imine (C=N–C) groups is 1. The van der Waals surface area contributed by atoms with E-state index in [1.54, 1.807) is 20.2 Å². The van der Waals surface area contributed by atoms with Crippen LogP contribution in [-0.2, 0) is 16.1 Å². The molecule has 7 nitrogen and oxygen atoms in total. The molecule has 1 amide bonds. The van der Waals surface area contributed by atoms with Crippen LogP contribution in [0.25, 0.3) is 0 Å². The molecule has 2 N–H and O–H groups in total. The third kappa shape index (κ3) is 9.34. The van der Waals surface area contributed by atoms with E-state index in [-0.39, 0.29) is 42.2 Å². The first kappa shape index (κ1) is 23.6. The van der Waals surface area contributed by atoms with Crippen LogP contribution in [0.15, 0.2) is 29.3 Å². The smallest absolute Gasteiger partial charge is 0.241 e. The third-order valence-electron chi connectivity index (χ3n) is 4.04. The van der Waals surface area contributed by atoms with Crippen molar-refractivity contribution in [1.82, 2.24) is 20.4 Å². The summed E-state index contributed by atoms with van der Waals surface area (Å²) >= 11 is 0. The molecule has 1 fully saturated rings. The number of nitrogens with one attached hydrogen (secondary N) is 2. The minimum absolute atomic E-state index is 0. The number of nitrogens with zero attached hydrogens (tertiary/aromatic N) is 3. The zero-order chi connectivity index (χ0) is 18.8. The van der Waals surface area contributed by atoms with Gasteiger partial charge in [-0.1, -0.05) is 12.1 Å². The molecule has 0 bridgehead atoms. The zero-order valence-electron chi connectivity index (χ0n) is 15.9. The monoisotopic (exact) mass is 493 g/mol. The van der Waals surface area contributed by atoms with Gasteiger partial charge in [-0.3, -0.25) is 9.69 Å². The molecular formula is C18H29FIN5O2. The quantitative estimate of drug-likeness (QED) is 0.336. The lowest BCUT2D eigenvalue weighted by Crippen LogP contribution is -2.46. The Morgan fingerprint density at radius 2 is 2.04 bits per heavy atom. The summed E-state index contributed by atoms with van der Waals surface area (Å²) in [7, 11) is 3.42. The number of likely N-dealkylation sites (N-methyl/N-ethyl adjacent to an activating group) is 1. The largest absolute Gasteiger partial charge is 0.379 e. The van der Waals surface area contributed by atoms with E-state index in [4.69, 9.17) is 4.74 Å². The normalized spacial score (nSPS) is 15.0. The summed E-state index contributed by atoms with van der Waals surface area (Å²) in [6.45, 7) is 5.41. The Morgan fingerprint density at radius 1 is 1.30 bits per heavy atom. The van der Waals surface area contributed by atoms with Gasteiger partial charge >= 0.3 is 0 Å². The van der Waals surface area contributed by atoms with E-state index in [0.29, 0.717) is 19.0 Å². The molecule has 1 heterocycles. The summed E-state index contributed by atoms with van der Waals surface area (Å²) in [6.07, 6.45) is 0. The Labute approximate surface area is 177 Å². The fourth-order valence-electron chi connectivity index (χ4n) is 2.45. The van der Waals surface area contributed by atoms with Crippen LogP contribution >= 0.6 is 24.0 Å². The topological polar surface area (TPSA) is 69.2 Å². The number of halogens is 2. The highest BCUT2D eigenvalue weighted by Gasteiger charge is 2.10. The second-order valence-corrected chi connectivity index (χ2v) is 6.32. The number of guanidine groups is 1. The molecule has 1 aromatic rings. The standard InChI is InChI=1S/C18H28FN5O2.HI/c1-23(2)17(25)14-22-18(20-6-7-24-8-10-26-11-9-24)21-13-15-4-3-5-16(19)12-15;/h3-5,12H,6-11,13-14H2,1-2H3,(H2,20,21,22);1H. The summed E-state index contributed by atoms with van der Waals surface area (Å²) in [5, 5.41) is 6.27. The van der Waals surface area contributed by atoms with Crippen LogP contribution in [-0.4, -0.2) is 81.7 Å². The predicted octanol–water partition coefficient (Wildman–Crippen LogP) is 0.899. The Kier molecular flexibility index (Phi) is 11.2. The number of morpholine rings is 1. The van der Waals surface area contributed by atoms with Crippen molar-refractivity contribution in [1.29, 1.82) is 0 Å². The van der Waals surface area contributed by atoms with Crippen LogP contribution in [0.1, 0.15) is 5.56 Å². The lowest BCUT2D eigenvalue weighted by atomic mass is 10.2. The molecular weight excluding hydrogens is 464 g/mol. The molecule has 1 aromatic carbocycles. The summed E-state index contributed by atoms with van der Waals surface area (Å²) in [5.74, 6) is 0.214. The van der Waals surface area contributed by atoms with Gasteiger partial charge in [-0.25, -0.2) is 9.38 Å². The Hall–Kier alpha value is -1.46. The molecule has 0 atom stereocenters. The van der Waals surface area contributed by atoms with E-state index >= 15 is 0 Å². The van der Waals surface area contributed by atoms with Crippen LogP contribution < -0.4 is 10.6 Å². The fourth-order valence-corrected chi connectivity index (χ4v) is 2.45. The first-order valence-corrected chi connectivity index (χ1v) is 8.81. The highest BCUT2D eigenvalue weighted by Crippen LogP contribution is 2.04. The van der Waals surface area contributed by atoms with Crippen molar-refractivity contribution in [3.8, 4) is 0 Å². The minimum atomic E-state index is -0.282. The zero-order valence-corrected chi connectivity index (χ0v) is 18.2. The van der Waals surface area contributed by atoms with E-state index in [1.807, 2.05) is 6.07 Å². The number of hydrogen-bond donors (Lipinski definition) is 2. The van der Waals surface area contributed by atoms with Gasteiger partial charge in [0.15, 0.2) is 5.96 Å². The molecule has 9 heteroatoms. The molecule has 0 unspecified atom stereocenters. The second kappa shape index (κ2) is 12.8. The third-order valence-corrected chi connectivity index (χ3v) is 4.04. The highest BCUT2D eigenvalue weighted by atomic mass is 127. The van der Waals surface area contributed by atoms with Crippen LogP contribution in [0, 0.1) is 5.82 Å². The van der Waals surface area contributed by atoms with Crippen LogP contribution in [0.5, 0.6) is 0 Å². The van der Waals surface area contributed by atoms with E-state index in [9.17, 15) is 9.18 Å². The van der Waals surface area contributed by atoms with Crippen molar-refractivity contribution in [3.05, 3.63) is 35.6 Å². The minimum Gasteiger partial charge on any atom is -0.379 e. The van der Waals surface area contributed by atoms with Gasteiger partial charge in [-0.2, -0.15) is 0 Å². The van der Waals surface area contributed by atoms with Gasteiger partial charge in [-0.15, -0.1) is 24.0 Å². The summed E-state index contributed by atoms with van der Waals surface area (Å²) in [6, 6.07) is 6.35. The van der Waals surface area contributed by atoms with Crippen LogP contribution in [0.2, 0.25) is 0 Å². The van der Waals surface area contributed by atoms with E-state index in [0.717, 1.165) is 38.4 Å². The maximum absolute atomic E-state index is 13.3. The van der Waals surface area contributed by atoms with E-state index < -0.39 is 0 Å². The molecule has 152 valence electrons. The molecule has 0 saturated carbocycles. The fraction of sp³-hybridized carbons (Fsp3) is 0.556. The molecule has 1 aliphatic rings. The SMILES string of the molecule is CN(C)C(=O)CNC(=NCc1cccc(F)c1)NCCN1CCOCC1.I. The first-order valence-electron chi connectivity index (χ1n) is 8.81. The lowest BCUT2D eigenvalue weighted by Gasteiger charge is -2.26. The van der Waals surface area contributed by atoms with Crippen molar-refractivity contribution in [3.63, 3.8) is 0 Å². The molecule has 0 aromatic heterocycles. The van der Waals surface area contributed by atoms with Gasteiger partial charge in [0.1, 0.15) is 5.82 Å². The van der Waals surface area contributed by atoms with Gasteiger partial charge in [-0.05, 0) is 17.7 Å². The van der Waals surface area contributed by atoms with Crippen molar-refractivity contribution in [2.45, 2.75) is 6.54 Å². The number of hydrogen-bond acceptors (Lipinski definition) is 4. The average molecular weight is 493 g/mol. The van der Waals surface area contributed by atoms with Crippen LogP contribution in [0.4, 0.5) is 4.39 Å². The predicted molar refractivity (Wildman–Crippen MR) is 115 cm³/mol. The Balaban J connectivity index is 0.00000364. The maximum Gasteiger partial charge on any atom is 0.241 e. The average Bonchev–Trinajstić information content (AvgIpc) is 2.64. The van der Waals surface area contributed by atoms with Gasteiger partial charge in [0, 0.05) is 40.3 Å². The lowest BCUT2D eigenvalue weighted by molar-refractivity contribution is -0.127. The summed E-state index contributed by atoms with van der Waals surface area (Å²) in [5.41, 5.74) is 0.776. The summed E-state index contributed by atoms with van der Waals surface area (Å²) < 4.78 is 18.6. The van der Waals surface area contributed by atoms with Gasteiger partial charge in [0.2, 0.25) is 5.91 Å². The molecule has 0 radical (unpaired) electrons. The van der Waals surface area contributed by atoms with E-state index in [1.165, 1.54) is 17.0 Å². The van der Waals surface area contributed by atoms with E-state index in [2.05, 4.69) is 20.5 Å². The maximum atomic E-state index is 13.3. The number of amides is 1. The number of carbonyl (C=O) groups excluding carboxylic acids is 1. The van der Waals surface area contributed by atoms with Crippen LogP contribution in [0.3, 0.4) is 0 Å². The number of benzene rings is 1. The Bertz CT molecular complexity index is 609. The molecule has 0 aliphatic carbocycles. The molecule has 27 heavy (non-hydrogen) atoms. The van der Waals surface area contributed by atoms with Gasteiger partial charge in [0.05, 0.1) is 26.3 Å². The Morgan fingerprint density at radius 3 is 2.70 bits per heavy atom. The molecule has 1 saturated heterocycles. The molecule has 0 spiro atoms. The molecule has 1 aliphatic heterocycles. The van der Waals surface area contributed by atoms with Crippen molar-refractivity contribution < 1.29 is 13.9 Å². The highest BCUT2D eigenvalue weighted by molar-refractivity contribution is 14.0. The van der Waals surface area contributed by atoms with Crippen molar-refractivity contribution in [2.24, 2.45) is 4.99 Å². The number of carbonyl (C=O) groups is 1. The van der Waals surface area contributed by atoms with Crippen molar-refractivity contribution >= 4 is 35.8 Å². The summed E-state index contributed by atoms with van der Waals surface area (Å²) in [4.78, 5) is 20.1. The number of ether oxygens (including phenoxy) is 1. The first-order chi connectivity index (χ1) is 12.5. The second-order valence-electron chi connectivity index (χ2n) is 6.32.